The monoisotopic (exact) mass is 309 g/mol. The van der Waals surface area contributed by atoms with Gasteiger partial charge in [-0.25, -0.2) is 9.59 Å². The molecule has 22 heavy (non-hydrogen) atoms. The van der Waals surface area contributed by atoms with E-state index in [-0.39, 0.29) is 12.1 Å². The first-order valence-electron chi connectivity index (χ1n) is 7.19. The van der Waals surface area contributed by atoms with Gasteiger partial charge in [0.1, 0.15) is 5.60 Å². The molecular formula is C14H23N5O3. The molecule has 0 spiro atoms. The molecule has 3 amide bonds. The summed E-state index contributed by atoms with van der Waals surface area (Å²) in [6.45, 7) is 6.45. The van der Waals surface area contributed by atoms with Crippen molar-refractivity contribution < 1.29 is 14.3 Å². The number of hydrogen-bond acceptors (Lipinski definition) is 4. The van der Waals surface area contributed by atoms with Crippen LogP contribution in [-0.2, 0) is 17.7 Å². The summed E-state index contributed by atoms with van der Waals surface area (Å²) in [4.78, 5) is 26.9. The minimum absolute atomic E-state index is 0.233. The number of aromatic nitrogens is 2. The summed E-state index contributed by atoms with van der Waals surface area (Å²) in [5.74, 6) is 0.525. The van der Waals surface area contributed by atoms with Gasteiger partial charge in [0.2, 0.25) is 0 Å². The number of fused-ring (bicyclic) bond motifs is 1. The minimum Gasteiger partial charge on any atom is -0.444 e. The number of ether oxygens (including phenoxy) is 1. The Labute approximate surface area is 129 Å². The van der Waals surface area contributed by atoms with Crippen LogP contribution < -0.4 is 5.32 Å². The Balaban J connectivity index is 2.05. The summed E-state index contributed by atoms with van der Waals surface area (Å²) in [7, 11) is 3.33. The highest BCUT2D eigenvalue weighted by Crippen LogP contribution is 2.25. The molecule has 1 aromatic rings. The summed E-state index contributed by atoms with van der Waals surface area (Å²) in [6, 6.07) is -0.233. The van der Waals surface area contributed by atoms with E-state index in [0.29, 0.717) is 25.3 Å². The largest absolute Gasteiger partial charge is 0.444 e. The summed E-state index contributed by atoms with van der Waals surface area (Å²) < 4.78 is 5.37. The number of anilines is 1. The Morgan fingerprint density at radius 2 is 2.05 bits per heavy atom. The van der Waals surface area contributed by atoms with Crippen molar-refractivity contribution in [2.24, 2.45) is 0 Å². The lowest BCUT2D eigenvalue weighted by Crippen LogP contribution is -2.40. The molecule has 0 radical (unpaired) electrons. The summed E-state index contributed by atoms with van der Waals surface area (Å²) in [5.41, 5.74) is 1.25. The maximum atomic E-state index is 12.1. The third-order valence-corrected chi connectivity index (χ3v) is 3.22. The number of urea groups is 1. The van der Waals surface area contributed by atoms with Crippen molar-refractivity contribution in [3.8, 4) is 0 Å². The molecule has 0 bridgehead atoms. The van der Waals surface area contributed by atoms with Gasteiger partial charge >= 0.3 is 12.1 Å². The molecule has 0 saturated heterocycles. The van der Waals surface area contributed by atoms with Crippen LogP contribution in [0.2, 0.25) is 0 Å². The second kappa shape index (κ2) is 5.86. The lowest BCUT2D eigenvalue weighted by atomic mass is 10.1. The fourth-order valence-electron chi connectivity index (χ4n) is 2.12. The number of amides is 3. The highest BCUT2D eigenvalue weighted by atomic mass is 16.6. The highest BCUT2D eigenvalue weighted by molar-refractivity contribution is 5.88. The van der Waals surface area contributed by atoms with Crippen LogP contribution in [0.25, 0.3) is 0 Å². The van der Waals surface area contributed by atoms with Gasteiger partial charge in [-0.3, -0.25) is 10.4 Å². The van der Waals surface area contributed by atoms with E-state index in [1.165, 1.54) is 4.90 Å². The standard InChI is InChI=1S/C14H23N5O3/c1-14(2,3)22-13(21)19-7-6-9-10(8-19)16-17-11(9)15-12(20)18(4)5/h6-8H2,1-5H3,(H2,15,16,17,20). The van der Waals surface area contributed by atoms with Crippen LogP contribution in [0, 0.1) is 0 Å². The van der Waals surface area contributed by atoms with Crippen LogP contribution in [-0.4, -0.2) is 58.4 Å². The van der Waals surface area contributed by atoms with Crippen molar-refractivity contribution in [3.63, 3.8) is 0 Å². The number of H-pyrrole nitrogens is 1. The number of rotatable bonds is 1. The normalized spacial score (nSPS) is 14.3. The fraction of sp³-hybridized carbons (Fsp3) is 0.643. The van der Waals surface area contributed by atoms with E-state index >= 15 is 0 Å². The molecule has 2 N–H and O–H groups in total. The smallest absolute Gasteiger partial charge is 0.410 e. The predicted octanol–water partition coefficient (Wildman–Crippen LogP) is 1.80. The lowest BCUT2D eigenvalue weighted by Gasteiger charge is -2.29. The molecule has 1 aliphatic heterocycles. The molecule has 1 aliphatic rings. The van der Waals surface area contributed by atoms with Crippen molar-refractivity contribution in [2.45, 2.75) is 39.3 Å². The van der Waals surface area contributed by atoms with E-state index < -0.39 is 5.60 Å². The molecule has 0 atom stereocenters. The zero-order valence-electron chi connectivity index (χ0n) is 13.7. The second-order valence-corrected chi connectivity index (χ2v) is 6.51. The van der Waals surface area contributed by atoms with Crippen LogP contribution in [0.3, 0.4) is 0 Å². The molecule has 122 valence electrons. The van der Waals surface area contributed by atoms with Crippen LogP contribution in [0.5, 0.6) is 0 Å². The van der Waals surface area contributed by atoms with Crippen LogP contribution in [0.15, 0.2) is 0 Å². The summed E-state index contributed by atoms with van der Waals surface area (Å²) >= 11 is 0. The van der Waals surface area contributed by atoms with Crippen LogP contribution >= 0.6 is 0 Å². The number of nitrogens with one attached hydrogen (secondary N) is 2. The highest BCUT2D eigenvalue weighted by Gasteiger charge is 2.28. The van der Waals surface area contributed by atoms with E-state index in [1.807, 2.05) is 20.8 Å². The summed E-state index contributed by atoms with van der Waals surface area (Å²) in [6.07, 6.45) is 0.278. The molecule has 1 aromatic heterocycles. The Morgan fingerprint density at radius 1 is 1.36 bits per heavy atom. The second-order valence-electron chi connectivity index (χ2n) is 6.51. The van der Waals surface area contributed by atoms with Gasteiger partial charge in [-0.15, -0.1) is 0 Å². The van der Waals surface area contributed by atoms with Crippen molar-refractivity contribution in [1.82, 2.24) is 20.0 Å². The number of nitrogens with zero attached hydrogens (tertiary/aromatic N) is 3. The van der Waals surface area contributed by atoms with Crippen molar-refractivity contribution in [3.05, 3.63) is 11.3 Å². The lowest BCUT2D eigenvalue weighted by molar-refractivity contribution is 0.0221. The molecule has 0 unspecified atom stereocenters. The van der Waals surface area contributed by atoms with E-state index in [9.17, 15) is 9.59 Å². The Bertz CT molecular complexity index is 574. The van der Waals surface area contributed by atoms with Crippen LogP contribution in [0.4, 0.5) is 15.4 Å². The number of aromatic amines is 1. The van der Waals surface area contributed by atoms with E-state index in [0.717, 1.165) is 11.3 Å². The van der Waals surface area contributed by atoms with E-state index in [2.05, 4.69) is 15.5 Å². The molecule has 0 fully saturated rings. The first-order valence-corrected chi connectivity index (χ1v) is 7.19. The topological polar surface area (TPSA) is 90.6 Å². The molecule has 8 nitrogen and oxygen atoms in total. The zero-order valence-corrected chi connectivity index (χ0v) is 13.7. The molecule has 0 aliphatic carbocycles. The van der Waals surface area contributed by atoms with Crippen molar-refractivity contribution >= 4 is 17.9 Å². The first-order chi connectivity index (χ1) is 10.2. The fourth-order valence-corrected chi connectivity index (χ4v) is 2.12. The third-order valence-electron chi connectivity index (χ3n) is 3.22. The Kier molecular flexibility index (Phi) is 4.30. The maximum absolute atomic E-state index is 12.1. The van der Waals surface area contributed by atoms with Gasteiger partial charge in [-0.1, -0.05) is 0 Å². The van der Waals surface area contributed by atoms with Gasteiger partial charge in [-0.2, -0.15) is 5.10 Å². The minimum atomic E-state index is -0.518. The molecular weight excluding hydrogens is 286 g/mol. The Hall–Kier alpha value is -2.25. The third kappa shape index (κ3) is 3.69. The first kappa shape index (κ1) is 16.1. The molecule has 0 aromatic carbocycles. The number of hydrogen-bond donors (Lipinski definition) is 2. The van der Waals surface area contributed by atoms with Crippen molar-refractivity contribution in [1.29, 1.82) is 0 Å². The maximum Gasteiger partial charge on any atom is 0.410 e. The number of carbonyl (C=O) groups excluding carboxylic acids is 2. The molecule has 2 rings (SSSR count). The van der Waals surface area contributed by atoms with Gasteiger partial charge in [0.15, 0.2) is 5.82 Å². The predicted molar refractivity (Wildman–Crippen MR) is 81.6 cm³/mol. The number of carbonyl (C=O) groups is 2. The SMILES string of the molecule is CN(C)C(=O)Nc1n[nH]c2c1CCN(C(=O)OC(C)(C)C)C2. The van der Waals surface area contributed by atoms with Gasteiger partial charge in [0.25, 0.3) is 0 Å². The quantitative estimate of drug-likeness (QED) is 0.827. The van der Waals surface area contributed by atoms with Gasteiger partial charge in [-0.05, 0) is 27.2 Å². The summed E-state index contributed by atoms with van der Waals surface area (Å²) in [5, 5.41) is 9.75. The molecule has 0 saturated carbocycles. The molecule has 8 heteroatoms. The molecule has 2 heterocycles. The van der Waals surface area contributed by atoms with E-state index in [4.69, 9.17) is 4.74 Å². The average molecular weight is 309 g/mol. The zero-order chi connectivity index (χ0) is 16.5. The van der Waals surface area contributed by atoms with E-state index in [1.54, 1.807) is 19.0 Å². The van der Waals surface area contributed by atoms with Gasteiger partial charge in [0.05, 0.1) is 12.2 Å². The van der Waals surface area contributed by atoms with Crippen LogP contribution in [0.1, 0.15) is 32.0 Å². The van der Waals surface area contributed by atoms with Gasteiger partial charge in [0, 0.05) is 26.2 Å². The Morgan fingerprint density at radius 3 is 2.64 bits per heavy atom. The van der Waals surface area contributed by atoms with Gasteiger partial charge < -0.3 is 14.5 Å². The average Bonchev–Trinajstić information content (AvgIpc) is 2.79. The van der Waals surface area contributed by atoms with Crippen molar-refractivity contribution in [2.75, 3.05) is 26.0 Å².